The average Bonchev–Trinajstić information content (AvgIpc) is 2.89. The predicted octanol–water partition coefficient (Wildman–Crippen LogP) is 2.12. The van der Waals surface area contributed by atoms with E-state index in [9.17, 15) is 18.0 Å². The molecule has 0 saturated heterocycles. The lowest BCUT2D eigenvalue weighted by molar-refractivity contribution is -0.138. The standard InChI is InChI=1S/C10H15BrO4S.C8H9NO3/c1-9-4-3-6(7(11)8(9)12)10(9,2)5-16(13,14)15;9-7(8(11)12)5-1-3-6(10)4-2-5/h6-7H,3-5H2,1-2H3,(H,13,14,15);1-4,7,10H,9H2,(H,11,12)/t6-,7+,9+,10-;7-/m11/s1/i;1+1,2+1,3+1,4+1,5+1,6+1. The highest BCUT2D eigenvalue weighted by Gasteiger charge is 2.68. The summed E-state index contributed by atoms with van der Waals surface area (Å²) in [5.74, 6) is -1.23. The molecule has 0 heterocycles. The van der Waals surface area contributed by atoms with Crippen molar-refractivity contribution in [2.75, 3.05) is 5.75 Å². The van der Waals surface area contributed by atoms with Gasteiger partial charge in [0.1, 0.15) is 11.8 Å². The van der Waals surface area contributed by atoms with Gasteiger partial charge in [0, 0.05) is 10.8 Å². The molecule has 0 unspecified atom stereocenters. The minimum atomic E-state index is -4.05. The third-order valence-corrected chi connectivity index (χ3v) is 8.20. The zero-order valence-electron chi connectivity index (χ0n) is 15.5. The number of benzene rings is 1. The summed E-state index contributed by atoms with van der Waals surface area (Å²) in [7, 11) is -4.05. The molecule has 2 aliphatic carbocycles. The van der Waals surface area contributed by atoms with Crippen molar-refractivity contribution >= 4 is 37.8 Å². The van der Waals surface area contributed by atoms with E-state index < -0.39 is 33.0 Å². The maximum absolute atomic E-state index is 12.1. The quantitative estimate of drug-likeness (QED) is 0.374. The van der Waals surface area contributed by atoms with E-state index in [2.05, 4.69) is 15.9 Å². The minimum Gasteiger partial charge on any atom is -0.508 e. The van der Waals surface area contributed by atoms with E-state index in [1.54, 1.807) is 6.92 Å². The van der Waals surface area contributed by atoms with Gasteiger partial charge in [-0.15, -0.1) is 0 Å². The van der Waals surface area contributed by atoms with Gasteiger partial charge in [0.25, 0.3) is 10.1 Å². The number of carbonyl (C=O) groups is 2. The van der Waals surface area contributed by atoms with Crippen LogP contribution in [0.4, 0.5) is 0 Å². The fraction of sp³-hybridized carbons (Fsp3) is 0.556. The number of phenolic OH excluding ortho intramolecular Hbond substituents is 1. The number of carbonyl (C=O) groups excluding carboxylic acids is 1. The van der Waals surface area contributed by atoms with Gasteiger partial charge in [-0.3, -0.25) is 14.1 Å². The van der Waals surface area contributed by atoms with Crippen molar-refractivity contribution < 1.29 is 32.8 Å². The summed E-state index contributed by atoms with van der Waals surface area (Å²) in [6, 6.07) is 4.74. The maximum atomic E-state index is 12.1. The van der Waals surface area contributed by atoms with Crippen molar-refractivity contribution in [3.05, 3.63) is 29.8 Å². The summed E-state index contributed by atoms with van der Waals surface area (Å²) in [6.45, 7) is 3.62. The number of hydrogen-bond acceptors (Lipinski definition) is 6. The second-order valence-electron chi connectivity index (χ2n) is 7.79. The largest absolute Gasteiger partial charge is 0.508 e. The summed E-state index contributed by atoms with van der Waals surface area (Å²) in [5.41, 5.74) is 4.51. The minimum absolute atomic E-state index is 0.00641. The van der Waals surface area contributed by atoms with Gasteiger partial charge in [-0.1, -0.05) is 41.9 Å². The number of carboxylic acids is 1. The van der Waals surface area contributed by atoms with Gasteiger partial charge >= 0.3 is 5.97 Å². The Morgan fingerprint density at radius 3 is 2.25 bits per heavy atom. The number of nitrogens with two attached hydrogens (primary N) is 1. The number of aliphatic carboxylic acids is 1. The topological polar surface area (TPSA) is 155 Å². The van der Waals surface area contributed by atoms with E-state index in [-0.39, 0.29) is 28.0 Å². The van der Waals surface area contributed by atoms with Crippen LogP contribution in [0.1, 0.15) is 38.3 Å². The second-order valence-corrected chi connectivity index (χ2v) is 10.2. The lowest BCUT2D eigenvalue weighted by Crippen LogP contribution is -2.40. The van der Waals surface area contributed by atoms with E-state index in [0.29, 0.717) is 12.0 Å². The van der Waals surface area contributed by atoms with Gasteiger partial charge in [0.2, 0.25) is 0 Å². The van der Waals surface area contributed by atoms with Crippen LogP contribution in [0.15, 0.2) is 24.3 Å². The Morgan fingerprint density at radius 1 is 1.32 bits per heavy atom. The highest BCUT2D eigenvalue weighted by molar-refractivity contribution is 9.10. The smallest absolute Gasteiger partial charge is 0.325 e. The molecule has 8 nitrogen and oxygen atoms in total. The number of aromatic hydroxyl groups is 1. The maximum Gasteiger partial charge on any atom is 0.325 e. The second kappa shape index (κ2) is 7.74. The molecular formula is C18H24BrNO7S. The van der Waals surface area contributed by atoms with Crippen molar-refractivity contribution in [3.8, 4) is 5.75 Å². The van der Waals surface area contributed by atoms with Crippen LogP contribution in [-0.4, -0.2) is 45.5 Å². The van der Waals surface area contributed by atoms with Crippen LogP contribution in [0.25, 0.3) is 0 Å². The van der Waals surface area contributed by atoms with Crippen LogP contribution in [0.3, 0.4) is 0 Å². The highest BCUT2D eigenvalue weighted by atomic mass is 79.9. The summed E-state index contributed by atoms with van der Waals surface area (Å²) in [5, 5.41) is 17.4. The lowest BCUT2D eigenvalue weighted by Gasteiger charge is -2.35. The molecule has 2 fully saturated rings. The number of carboxylic acid groups (broad SMARTS) is 1. The van der Waals surface area contributed by atoms with E-state index in [1.807, 2.05) is 6.92 Å². The van der Waals surface area contributed by atoms with Crippen molar-refractivity contribution in [1.29, 1.82) is 0 Å². The molecule has 5 atom stereocenters. The van der Waals surface area contributed by atoms with Crippen LogP contribution < -0.4 is 5.73 Å². The van der Waals surface area contributed by atoms with Crippen LogP contribution in [0, 0.1) is 16.7 Å². The normalized spacial score (nSPS) is 32.5. The van der Waals surface area contributed by atoms with Gasteiger partial charge < -0.3 is 15.9 Å². The first kappa shape index (κ1) is 22.8. The third kappa shape index (κ3) is 4.10. The van der Waals surface area contributed by atoms with E-state index in [0.717, 1.165) is 6.42 Å². The Morgan fingerprint density at radius 2 is 1.86 bits per heavy atom. The van der Waals surface area contributed by atoms with Gasteiger partial charge in [0.05, 0.1) is 10.6 Å². The average molecular weight is 484 g/mol. The first-order chi connectivity index (χ1) is 12.7. The number of ketones is 1. The molecule has 5 N–H and O–H groups in total. The van der Waals surface area contributed by atoms with E-state index >= 15 is 0 Å². The molecule has 0 spiro atoms. The molecule has 0 amide bonds. The first-order valence-corrected chi connectivity index (χ1v) is 11.2. The molecule has 1 aromatic rings. The summed E-state index contributed by atoms with van der Waals surface area (Å²) < 4.78 is 31.2. The molecular weight excluding hydrogens is 460 g/mol. The summed E-state index contributed by atoms with van der Waals surface area (Å²) in [4.78, 5) is 22.2. The lowest BCUT2D eigenvalue weighted by atomic mass is 9.70. The number of rotatable bonds is 4. The predicted molar refractivity (Wildman–Crippen MR) is 106 cm³/mol. The Kier molecular flexibility index (Phi) is 6.30. The zero-order valence-corrected chi connectivity index (χ0v) is 17.9. The molecule has 0 aromatic heterocycles. The van der Waals surface area contributed by atoms with Crippen LogP contribution in [0.2, 0.25) is 0 Å². The number of alkyl halides is 1. The van der Waals surface area contributed by atoms with Gasteiger partial charge in [-0.25, -0.2) is 0 Å². The van der Waals surface area contributed by atoms with Gasteiger partial charge in [-0.05, 0) is 36.5 Å². The first-order valence-electron chi connectivity index (χ1n) is 8.64. The van der Waals surface area contributed by atoms with Crippen LogP contribution in [-0.2, 0) is 19.7 Å². The molecule has 2 bridgehead atoms. The Balaban J connectivity index is 0.000000209. The van der Waals surface area contributed by atoms with Crippen LogP contribution in [0.5, 0.6) is 5.75 Å². The number of Topliss-reactive ketones (excluding diaryl/α,β-unsaturated/α-hetero) is 1. The Hall–Kier alpha value is -1.49. The number of phenols is 1. The molecule has 2 aliphatic rings. The number of hydrogen-bond donors (Lipinski definition) is 4. The van der Waals surface area contributed by atoms with Gasteiger partial charge in [0.15, 0.2) is 5.78 Å². The SMILES string of the molecule is C[C@]12CC[C@H]([C@H](Br)C1=O)[C@@]2(C)CS(=O)(=O)O.N[C@@H](C(=O)O)[13c]1[13cH][13cH][13c](O)[13cH][13cH]1. The number of fused-ring (bicyclic) bond motifs is 2. The molecule has 3 rings (SSSR count). The Bertz CT molecular complexity index is 872. The number of halogens is 1. The third-order valence-electron chi connectivity index (χ3n) is 6.18. The molecule has 10 heteroatoms. The van der Waals surface area contributed by atoms with Crippen LogP contribution >= 0.6 is 15.9 Å². The monoisotopic (exact) mass is 483 g/mol. The molecule has 156 valence electrons. The Labute approximate surface area is 172 Å². The zero-order chi connectivity index (χ0) is 21.5. The molecule has 28 heavy (non-hydrogen) atoms. The molecule has 2 saturated carbocycles. The van der Waals surface area contributed by atoms with E-state index in [4.69, 9.17) is 20.5 Å². The molecule has 1 aromatic carbocycles. The fourth-order valence-corrected chi connectivity index (χ4v) is 6.93. The van der Waals surface area contributed by atoms with Crippen molar-refractivity contribution in [3.63, 3.8) is 0 Å². The molecule has 0 radical (unpaired) electrons. The van der Waals surface area contributed by atoms with Crippen molar-refractivity contribution in [2.24, 2.45) is 22.5 Å². The summed E-state index contributed by atoms with van der Waals surface area (Å²) >= 11 is 3.35. The van der Waals surface area contributed by atoms with Crippen molar-refractivity contribution in [2.45, 2.75) is 37.6 Å². The van der Waals surface area contributed by atoms with Crippen molar-refractivity contribution in [1.82, 2.24) is 0 Å². The summed E-state index contributed by atoms with van der Waals surface area (Å²) in [6.07, 6.45) is 1.55. The van der Waals surface area contributed by atoms with Gasteiger partial charge in [-0.2, -0.15) is 8.42 Å². The van der Waals surface area contributed by atoms with E-state index in [1.165, 1.54) is 24.3 Å². The molecule has 0 aliphatic heterocycles. The fourth-order valence-electron chi connectivity index (χ4n) is 4.29. The highest BCUT2D eigenvalue weighted by Crippen LogP contribution is 2.65.